The molecule has 0 spiro atoms. The van der Waals surface area contributed by atoms with E-state index in [4.69, 9.17) is 4.74 Å². The first kappa shape index (κ1) is 12.0. The minimum absolute atomic E-state index is 0.834. The van der Waals surface area contributed by atoms with Gasteiger partial charge in [0.15, 0.2) is 5.13 Å². The molecule has 19 heavy (non-hydrogen) atoms. The summed E-state index contributed by atoms with van der Waals surface area (Å²) in [5.41, 5.74) is 3.26. The van der Waals surface area contributed by atoms with Crippen molar-refractivity contribution in [2.75, 3.05) is 12.4 Å². The summed E-state index contributed by atoms with van der Waals surface area (Å²) in [7, 11) is 1.67. The summed E-state index contributed by atoms with van der Waals surface area (Å²) < 4.78 is 6.36. The molecule has 0 atom stereocenters. The number of nitrogens with zero attached hydrogens (tertiary/aromatic N) is 1. The molecule has 0 fully saturated rings. The van der Waals surface area contributed by atoms with Gasteiger partial charge in [0.25, 0.3) is 0 Å². The first-order valence-corrected chi connectivity index (χ1v) is 6.85. The first-order chi connectivity index (χ1) is 9.26. The standard InChI is InChI=1S/C15H14N2OS/c1-10-5-3-4-6-12(10)16-15-17-13-9-11(18-2)7-8-14(13)19-15/h3-9H,1-2H3,(H,16,17). The Labute approximate surface area is 115 Å². The molecule has 2 aromatic carbocycles. The molecule has 3 rings (SSSR count). The molecular formula is C15H14N2OS. The Kier molecular flexibility index (Phi) is 3.09. The zero-order valence-electron chi connectivity index (χ0n) is 10.8. The van der Waals surface area contributed by atoms with E-state index in [1.54, 1.807) is 18.4 Å². The van der Waals surface area contributed by atoms with E-state index in [1.165, 1.54) is 5.56 Å². The Hall–Kier alpha value is -2.07. The van der Waals surface area contributed by atoms with Gasteiger partial charge >= 0.3 is 0 Å². The number of hydrogen-bond donors (Lipinski definition) is 1. The van der Waals surface area contributed by atoms with Crippen LogP contribution in [-0.4, -0.2) is 12.1 Å². The van der Waals surface area contributed by atoms with E-state index >= 15 is 0 Å². The summed E-state index contributed by atoms with van der Waals surface area (Å²) in [6, 6.07) is 14.1. The Morgan fingerprint density at radius 1 is 1.16 bits per heavy atom. The molecule has 0 saturated carbocycles. The van der Waals surface area contributed by atoms with Crippen LogP contribution in [0.2, 0.25) is 0 Å². The number of thiazole rings is 1. The third-order valence-corrected chi connectivity index (χ3v) is 3.93. The Morgan fingerprint density at radius 2 is 2.00 bits per heavy atom. The van der Waals surface area contributed by atoms with E-state index in [2.05, 4.69) is 29.4 Å². The molecule has 0 aliphatic rings. The second-order valence-electron chi connectivity index (χ2n) is 4.29. The summed E-state index contributed by atoms with van der Waals surface area (Å²) in [5, 5.41) is 4.27. The smallest absolute Gasteiger partial charge is 0.188 e. The summed E-state index contributed by atoms with van der Waals surface area (Å²) in [6.45, 7) is 2.08. The van der Waals surface area contributed by atoms with Gasteiger partial charge in [-0.25, -0.2) is 4.98 Å². The van der Waals surface area contributed by atoms with Gasteiger partial charge < -0.3 is 10.1 Å². The molecule has 4 heteroatoms. The monoisotopic (exact) mass is 270 g/mol. The van der Waals surface area contributed by atoms with E-state index in [-0.39, 0.29) is 0 Å². The number of aryl methyl sites for hydroxylation is 1. The Balaban J connectivity index is 1.95. The minimum Gasteiger partial charge on any atom is -0.497 e. The predicted octanol–water partition coefficient (Wildman–Crippen LogP) is 4.36. The van der Waals surface area contributed by atoms with Crippen molar-refractivity contribution in [3.8, 4) is 5.75 Å². The van der Waals surface area contributed by atoms with Gasteiger partial charge in [-0.2, -0.15) is 0 Å². The topological polar surface area (TPSA) is 34.1 Å². The summed E-state index contributed by atoms with van der Waals surface area (Å²) in [5.74, 6) is 0.834. The van der Waals surface area contributed by atoms with Crippen LogP contribution in [0.25, 0.3) is 10.2 Å². The zero-order valence-corrected chi connectivity index (χ0v) is 11.6. The first-order valence-electron chi connectivity index (χ1n) is 6.03. The van der Waals surface area contributed by atoms with Crippen LogP contribution >= 0.6 is 11.3 Å². The number of nitrogens with one attached hydrogen (secondary N) is 1. The van der Waals surface area contributed by atoms with Crippen LogP contribution in [0, 0.1) is 6.92 Å². The maximum atomic E-state index is 5.21. The maximum Gasteiger partial charge on any atom is 0.188 e. The average molecular weight is 270 g/mol. The molecule has 0 radical (unpaired) electrons. The normalized spacial score (nSPS) is 10.6. The fourth-order valence-corrected chi connectivity index (χ4v) is 2.77. The van der Waals surface area contributed by atoms with E-state index in [0.29, 0.717) is 0 Å². The number of rotatable bonds is 3. The highest BCUT2D eigenvalue weighted by Gasteiger charge is 2.06. The molecular weight excluding hydrogens is 256 g/mol. The number of fused-ring (bicyclic) bond motifs is 1. The average Bonchev–Trinajstić information content (AvgIpc) is 2.82. The van der Waals surface area contributed by atoms with Crippen molar-refractivity contribution in [3.63, 3.8) is 0 Å². The van der Waals surface area contributed by atoms with Crippen molar-refractivity contribution in [3.05, 3.63) is 48.0 Å². The largest absolute Gasteiger partial charge is 0.497 e. The molecule has 0 bridgehead atoms. The van der Waals surface area contributed by atoms with Crippen LogP contribution in [0.3, 0.4) is 0 Å². The quantitative estimate of drug-likeness (QED) is 0.768. The number of anilines is 2. The van der Waals surface area contributed by atoms with Crippen molar-refractivity contribution in [1.29, 1.82) is 0 Å². The molecule has 1 N–H and O–H groups in total. The third kappa shape index (κ3) is 2.39. The van der Waals surface area contributed by atoms with Crippen molar-refractivity contribution < 1.29 is 4.74 Å². The number of hydrogen-bond acceptors (Lipinski definition) is 4. The van der Waals surface area contributed by atoms with Gasteiger partial charge in [0, 0.05) is 11.8 Å². The van der Waals surface area contributed by atoms with Crippen LogP contribution in [0.5, 0.6) is 5.75 Å². The van der Waals surface area contributed by atoms with Crippen LogP contribution in [0.15, 0.2) is 42.5 Å². The van der Waals surface area contributed by atoms with E-state index in [9.17, 15) is 0 Å². The van der Waals surface area contributed by atoms with Gasteiger partial charge in [-0.15, -0.1) is 0 Å². The van der Waals surface area contributed by atoms with Gasteiger partial charge in [0.2, 0.25) is 0 Å². The van der Waals surface area contributed by atoms with Gasteiger partial charge in [-0.05, 0) is 30.7 Å². The highest BCUT2D eigenvalue weighted by Crippen LogP contribution is 2.31. The van der Waals surface area contributed by atoms with Crippen LogP contribution in [0.4, 0.5) is 10.8 Å². The highest BCUT2D eigenvalue weighted by molar-refractivity contribution is 7.22. The van der Waals surface area contributed by atoms with Crippen molar-refractivity contribution in [2.24, 2.45) is 0 Å². The number of benzene rings is 2. The number of ether oxygens (including phenoxy) is 1. The zero-order chi connectivity index (χ0) is 13.2. The molecule has 0 aliphatic heterocycles. The molecule has 0 aliphatic carbocycles. The van der Waals surface area contributed by atoms with Gasteiger partial charge in [0.05, 0.1) is 17.3 Å². The van der Waals surface area contributed by atoms with Gasteiger partial charge in [-0.1, -0.05) is 29.5 Å². The van der Waals surface area contributed by atoms with Crippen LogP contribution in [0.1, 0.15) is 5.56 Å². The SMILES string of the molecule is COc1ccc2sc(Nc3ccccc3C)nc2c1. The molecule has 1 aromatic heterocycles. The molecule has 0 saturated heterocycles. The second-order valence-corrected chi connectivity index (χ2v) is 5.32. The van der Waals surface area contributed by atoms with Gasteiger partial charge in [0.1, 0.15) is 5.75 Å². The molecule has 1 heterocycles. The number of para-hydroxylation sites is 1. The number of aromatic nitrogens is 1. The summed E-state index contributed by atoms with van der Waals surface area (Å²) >= 11 is 1.64. The van der Waals surface area contributed by atoms with Crippen LogP contribution < -0.4 is 10.1 Å². The Bertz CT molecular complexity index is 721. The molecule has 96 valence electrons. The molecule has 3 nitrogen and oxygen atoms in total. The third-order valence-electron chi connectivity index (χ3n) is 2.98. The van der Waals surface area contributed by atoms with E-state index in [1.807, 2.05) is 30.3 Å². The summed E-state index contributed by atoms with van der Waals surface area (Å²) in [6.07, 6.45) is 0. The number of methoxy groups -OCH3 is 1. The van der Waals surface area contributed by atoms with Crippen molar-refractivity contribution >= 4 is 32.4 Å². The fourth-order valence-electron chi connectivity index (χ4n) is 1.92. The molecule has 0 amide bonds. The molecule has 0 unspecified atom stereocenters. The second kappa shape index (κ2) is 4.90. The van der Waals surface area contributed by atoms with Crippen LogP contribution in [-0.2, 0) is 0 Å². The van der Waals surface area contributed by atoms with Crippen molar-refractivity contribution in [1.82, 2.24) is 4.98 Å². The fraction of sp³-hybridized carbons (Fsp3) is 0.133. The lowest BCUT2D eigenvalue weighted by Crippen LogP contribution is -1.91. The lowest BCUT2D eigenvalue weighted by Gasteiger charge is -2.05. The maximum absolute atomic E-state index is 5.21. The van der Waals surface area contributed by atoms with Gasteiger partial charge in [-0.3, -0.25) is 0 Å². The lowest BCUT2D eigenvalue weighted by atomic mass is 10.2. The highest BCUT2D eigenvalue weighted by atomic mass is 32.1. The van der Waals surface area contributed by atoms with E-state index < -0.39 is 0 Å². The van der Waals surface area contributed by atoms with Crippen molar-refractivity contribution in [2.45, 2.75) is 6.92 Å². The molecule has 3 aromatic rings. The lowest BCUT2D eigenvalue weighted by molar-refractivity contribution is 0.415. The predicted molar refractivity (Wildman–Crippen MR) is 80.6 cm³/mol. The summed E-state index contributed by atoms with van der Waals surface area (Å²) in [4.78, 5) is 4.59. The van der Waals surface area contributed by atoms with E-state index in [0.717, 1.165) is 26.8 Å². The minimum atomic E-state index is 0.834. The Morgan fingerprint density at radius 3 is 2.79 bits per heavy atom.